The lowest BCUT2D eigenvalue weighted by Gasteiger charge is -2.27. The summed E-state index contributed by atoms with van der Waals surface area (Å²) >= 11 is 1.35. The van der Waals surface area contributed by atoms with E-state index in [9.17, 15) is 32.8 Å². The van der Waals surface area contributed by atoms with Crippen molar-refractivity contribution in [2.75, 3.05) is 17.8 Å². The van der Waals surface area contributed by atoms with Gasteiger partial charge in [-0.25, -0.2) is 4.79 Å². The number of methoxy groups -OCH3 is 1. The number of anilines is 1. The smallest absolute Gasteiger partial charge is 0.405 e. The Balaban J connectivity index is 1.54. The van der Waals surface area contributed by atoms with Gasteiger partial charge < -0.3 is 35.2 Å². The fraction of sp³-hybridized carbons (Fsp3) is 0.250. The zero-order valence-electron chi connectivity index (χ0n) is 22.6. The largest absolute Gasteiger partial charge is 0.497 e. The lowest BCUT2D eigenvalue weighted by Crippen LogP contribution is -2.55. The maximum absolute atomic E-state index is 14.0. The number of nitrogens with one attached hydrogen (secondary N) is 2. The van der Waals surface area contributed by atoms with Crippen molar-refractivity contribution in [1.29, 1.82) is 0 Å². The third kappa shape index (κ3) is 7.52. The van der Waals surface area contributed by atoms with Crippen LogP contribution in [0.15, 0.2) is 77.7 Å². The van der Waals surface area contributed by atoms with Crippen LogP contribution >= 0.6 is 19.4 Å². The van der Waals surface area contributed by atoms with Gasteiger partial charge in [-0.05, 0) is 35.4 Å². The molecule has 3 aromatic carbocycles. The molecule has 1 heterocycles. The average molecular weight is 636 g/mol. The molecule has 5 N–H and O–H groups in total. The van der Waals surface area contributed by atoms with Crippen LogP contribution in [-0.4, -0.2) is 57.7 Å². The fourth-order valence-electron chi connectivity index (χ4n) is 4.41. The number of alkyl halides is 2. The van der Waals surface area contributed by atoms with Gasteiger partial charge in [-0.1, -0.05) is 48.5 Å². The number of para-hydroxylation sites is 1. The Morgan fingerprint density at radius 3 is 2.30 bits per heavy atom. The molecule has 15 heteroatoms. The molecule has 0 saturated heterocycles. The van der Waals surface area contributed by atoms with Gasteiger partial charge in [-0.3, -0.25) is 14.2 Å². The first kappa shape index (κ1) is 32.0. The van der Waals surface area contributed by atoms with E-state index in [1.165, 1.54) is 11.8 Å². The highest BCUT2D eigenvalue weighted by Gasteiger charge is 2.50. The molecule has 2 atom stereocenters. The van der Waals surface area contributed by atoms with Crippen molar-refractivity contribution >= 4 is 43.0 Å². The second kappa shape index (κ2) is 13.1. The topological polar surface area (TPSA) is 166 Å². The van der Waals surface area contributed by atoms with Crippen molar-refractivity contribution in [3.05, 3.63) is 89.5 Å². The molecular formula is C28H28F2N3O8PS. The number of ether oxygens (including phenoxy) is 1. The number of hydrogen-bond donors (Lipinski definition) is 5. The third-order valence-corrected chi connectivity index (χ3v) is 8.81. The Hall–Kier alpha value is -3.97. The molecule has 3 amide bonds. The van der Waals surface area contributed by atoms with E-state index in [0.29, 0.717) is 11.4 Å². The molecule has 0 aromatic heterocycles. The molecule has 1 aliphatic heterocycles. The fourth-order valence-corrected chi connectivity index (χ4v) is 5.97. The maximum atomic E-state index is 14.0. The number of nitrogens with zero attached hydrogens (tertiary/aromatic N) is 1. The van der Waals surface area contributed by atoms with Crippen LogP contribution in [0, 0.1) is 0 Å². The van der Waals surface area contributed by atoms with Gasteiger partial charge in [0.05, 0.1) is 19.3 Å². The molecule has 228 valence electrons. The first-order valence-corrected chi connectivity index (χ1v) is 15.4. The van der Waals surface area contributed by atoms with Gasteiger partial charge in [0.1, 0.15) is 17.8 Å². The molecule has 11 nitrogen and oxygen atoms in total. The van der Waals surface area contributed by atoms with Gasteiger partial charge in [-0.2, -0.15) is 8.78 Å². The summed E-state index contributed by atoms with van der Waals surface area (Å²) < 4.78 is 44.4. The van der Waals surface area contributed by atoms with E-state index in [2.05, 4.69) is 10.6 Å². The van der Waals surface area contributed by atoms with Crippen LogP contribution in [0.1, 0.15) is 16.7 Å². The SMILES string of the molecule is COc1ccc(CN2C(=O)C(NC(=O)C(Cc3ccc(C(F)(F)P(=O)(O)O)cc3)NC(=O)O)CSc3ccccc32)cc1. The first-order chi connectivity index (χ1) is 20.3. The maximum Gasteiger partial charge on any atom is 0.405 e. The molecule has 0 fully saturated rings. The summed E-state index contributed by atoms with van der Waals surface area (Å²) in [6.07, 6.45) is -1.82. The van der Waals surface area contributed by atoms with E-state index >= 15 is 0 Å². The Morgan fingerprint density at radius 1 is 1.07 bits per heavy atom. The highest BCUT2D eigenvalue weighted by atomic mass is 32.2. The Morgan fingerprint density at radius 2 is 1.70 bits per heavy atom. The normalized spacial score (nSPS) is 16.1. The van der Waals surface area contributed by atoms with Crippen LogP contribution in [0.2, 0.25) is 0 Å². The predicted molar refractivity (Wildman–Crippen MR) is 154 cm³/mol. The number of benzene rings is 3. The number of halogens is 2. The van der Waals surface area contributed by atoms with Gasteiger partial charge in [0.25, 0.3) is 5.91 Å². The zero-order valence-corrected chi connectivity index (χ0v) is 24.4. The Kier molecular flexibility index (Phi) is 9.75. The number of hydrogen-bond acceptors (Lipinski definition) is 6. The summed E-state index contributed by atoms with van der Waals surface area (Å²) in [6, 6.07) is 15.8. The summed E-state index contributed by atoms with van der Waals surface area (Å²) in [5, 5.41) is 14.1. The second-order valence-electron chi connectivity index (χ2n) is 9.60. The molecule has 0 spiro atoms. The highest BCUT2D eigenvalue weighted by Crippen LogP contribution is 2.59. The molecule has 0 aliphatic carbocycles. The van der Waals surface area contributed by atoms with Crippen LogP contribution < -0.4 is 20.3 Å². The van der Waals surface area contributed by atoms with Crippen molar-refractivity contribution in [2.24, 2.45) is 0 Å². The molecule has 0 saturated carbocycles. The van der Waals surface area contributed by atoms with Gasteiger partial charge in [0, 0.05) is 22.6 Å². The first-order valence-electron chi connectivity index (χ1n) is 12.8. The van der Waals surface area contributed by atoms with E-state index < -0.39 is 48.8 Å². The highest BCUT2D eigenvalue weighted by molar-refractivity contribution is 7.99. The number of fused-ring (bicyclic) bond motifs is 1. The minimum absolute atomic E-state index is 0.159. The van der Waals surface area contributed by atoms with E-state index in [0.717, 1.165) is 34.7 Å². The molecule has 43 heavy (non-hydrogen) atoms. The van der Waals surface area contributed by atoms with E-state index in [-0.39, 0.29) is 24.3 Å². The molecule has 3 aromatic rings. The summed E-state index contributed by atoms with van der Waals surface area (Å²) in [5.41, 5.74) is -3.67. The van der Waals surface area contributed by atoms with Gasteiger partial charge >= 0.3 is 19.4 Å². The molecule has 0 radical (unpaired) electrons. The van der Waals surface area contributed by atoms with Gasteiger partial charge in [-0.15, -0.1) is 11.8 Å². The summed E-state index contributed by atoms with van der Waals surface area (Å²) in [5.74, 6) is -0.428. The van der Waals surface area contributed by atoms with Crippen LogP contribution in [0.5, 0.6) is 5.75 Å². The number of amides is 3. The number of rotatable bonds is 10. The number of carboxylic acid groups (broad SMARTS) is 1. The number of thioether (sulfide) groups is 1. The standard InChI is InChI=1S/C28H28F2N3O8PS/c1-41-20-12-8-18(9-13-20)15-33-23-4-2-3-5-24(23)43-16-22(26(33)35)31-25(34)21(32-27(36)37)14-17-6-10-19(11-7-17)28(29,30)42(38,39)40/h2-13,21-22,32H,14-16H2,1H3,(H,31,34)(H,36,37)(H2,38,39,40). The zero-order chi connectivity index (χ0) is 31.4. The molecule has 4 rings (SSSR count). The summed E-state index contributed by atoms with van der Waals surface area (Å²) in [4.78, 5) is 58.9. The van der Waals surface area contributed by atoms with Crippen LogP contribution in [0.4, 0.5) is 19.3 Å². The van der Waals surface area contributed by atoms with Gasteiger partial charge in [0.2, 0.25) is 5.91 Å². The summed E-state index contributed by atoms with van der Waals surface area (Å²) in [6.45, 7) is 0.190. The van der Waals surface area contributed by atoms with Crippen LogP contribution in [0.25, 0.3) is 0 Å². The van der Waals surface area contributed by atoms with E-state index in [1.54, 1.807) is 36.3 Å². The van der Waals surface area contributed by atoms with E-state index in [1.807, 2.05) is 24.3 Å². The average Bonchev–Trinajstić information content (AvgIpc) is 3.09. The lowest BCUT2D eigenvalue weighted by atomic mass is 10.0. The Bertz CT molecular complexity index is 1540. The van der Waals surface area contributed by atoms with Crippen molar-refractivity contribution < 1.29 is 47.4 Å². The quantitative estimate of drug-likeness (QED) is 0.208. The summed E-state index contributed by atoms with van der Waals surface area (Å²) in [7, 11) is -4.24. The monoisotopic (exact) mass is 635 g/mol. The molecule has 1 aliphatic rings. The number of carbonyl (C=O) groups is 3. The Labute approximate surface area is 249 Å². The van der Waals surface area contributed by atoms with Crippen molar-refractivity contribution in [2.45, 2.75) is 35.6 Å². The molecule has 0 bridgehead atoms. The predicted octanol–water partition coefficient (Wildman–Crippen LogP) is 3.92. The van der Waals surface area contributed by atoms with Crippen LogP contribution in [-0.2, 0) is 32.8 Å². The van der Waals surface area contributed by atoms with E-state index in [4.69, 9.17) is 14.5 Å². The molecular weight excluding hydrogens is 607 g/mol. The van der Waals surface area contributed by atoms with Crippen molar-refractivity contribution in [3.8, 4) is 5.75 Å². The van der Waals surface area contributed by atoms with Crippen molar-refractivity contribution in [3.63, 3.8) is 0 Å². The van der Waals surface area contributed by atoms with Crippen LogP contribution in [0.3, 0.4) is 0 Å². The second-order valence-corrected chi connectivity index (χ2v) is 12.3. The molecule has 2 unspecified atom stereocenters. The third-order valence-electron chi connectivity index (χ3n) is 6.66. The minimum atomic E-state index is -5.78. The lowest BCUT2D eigenvalue weighted by molar-refractivity contribution is -0.128. The van der Waals surface area contributed by atoms with Gasteiger partial charge in [0.15, 0.2) is 0 Å². The minimum Gasteiger partial charge on any atom is -0.497 e. The van der Waals surface area contributed by atoms with Crippen molar-refractivity contribution in [1.82, 2.24) is 10.6 Å². The number of carbonyl (C=O) groups excluding carboxylic acids is 2.